The number of rotatable bonds is 3. The molecule has 0 bridgehead atoms. The van der Waals surface area contributed by atoms with Crippen molar-refractivity contribution >= 4 is 11.8 Å². The second-order valence-corrected chi connectivity index (χ2v) is 6.59. The summed E-state index contributed by atoms with van der Waals surface area (Å²) in [7, 11) is 0. The molecular weight excluding hydrogens is 332 g/mol. The fourth-order valence-electron chi connectivity index (χ4n) is 3.22. The highest BCUT2D eigenvalue weighted by Gasteiger charge is 2.25. The van der Waals surface area contributed by atoms with E-state index in [0.717, 1.165) is 5.56 Å². The number of phenols is 2. The molecule has 6 heteroatoms. The Morgan fingerprint density at radius 3 is 2.27 bits per heavy atom. The maximum Gasteiger partial charge on any atom is 0.254 e. The maximum absolute atomic E-state index is 12.5. The monoisotopic (exact) mass is 354 g/mol. The molecule has 3 N–H and O–H groups in total. The number of likely N-dealkylation sites (tertiary alicyclic amines) is 1. The molecule has 0 spiro atoms. The number of piperidine rings is 1. The molecule has 0 aliphatic carbocycles. The lowest BCUT2D eigenvalue weighted by Gasteiger charge is -2.32. The van der Waals surface area contributed by atoms with Crippen LogP contribution in [0, 0.1) is 6.92 Å². The van der Waals surface area contributed by atoms with Gasteiger partial charge in [-0.05, 0) is 43.5 Å². The number of nitrogens with one attached hydrogen (secondary N) is 1. The lowest BCUT2D eigenvalue weighted by atomic mass is 10.0. The van der Waals surface area contributed by atoms with Gasteiger partial charge in [0.15, 0.2) is 0 Å². The zero-order valence-corrected chi connectivity index (χ0v) is 14.6. The number of nitrogens with zero attached hydrogens (tertiary/aromatic N) is 1. The molecule has 0 unspecified atom stereocenters. The summed E-state index contributed by atoms with van der Waals surface area (Å²) in [5.74, 6) is -0.617. The van der Waals surface area contributed by atoms with Crippen LogP contribution in [-0.2, 0) is 0 Å². The lowest BCUT2D eigenvalue weighted by Crippen LogP contribution is -2.46. The van der Waals surface area contributed by atoms with Gasteiger partial charge in [-0.1, -0.05) is 18.2 Å². The number of aryl methyl sites for hydroxylation is 1. The van der Waals surface area contributed by atoms with Crippen molar-refractivity contribution in [3.8, 4) is 11.5 Å². The lowest BCUT2D eigenvalue weighted by molar-refractivity contribution is 0.0697. The van der Waals surface area contributed by atoms with Gasteiger partial charge in [0.05, 0.1) is 0 Å². The second kappa shape index (κ2) is 7.47. The van der Waals surface area contributed by atoms with Gasteiger partial charge in [0.2, 0.25) is 0 Å². The summed E-state index contributed by atoms with van der Waals surface area (Å²) in [4.78, 5) is 26.6. The average Bonchev–Trinajstić information content (AvgIpc) is 2.61. The highest BCUT2D eigenvalue weighted by atomic mass is 16.3. The van der Waals surface area contributed by atoms with Crippen LogP contribution >= 0.6 is 0 Å². The maximum atomic E-state index is 12.5. The third-order valence-corrected chi connectivity index (χ3v) is 4.66. The van der Waals surface area contributed by atoms with Gasteiger partial charge in [0.25, 0.3) is 11.8 Å². The van der Waals surface area contributed by atoms with E-state index in [1.165, 1.54) is 18.2 Å². The Balaban J connectivity index is 1.58. The number of phenolic OH excluding ortho intramolecular Hbond substituents is 2. The minimum atomic E-state index is -0.236. The van der Waals surface area contributed by atoms with Crippen LogP contribution in [-0.4, -0.2) is 46.1 Å². The van der Waals surface area contributed by atoms with Crippen molar-refractivity contribution in [1.29, 1.82) is 0 Å². The fourth-order valence-corrected chi connectivity index (χ4v) is 3.22. The van der Waals surface area contributed by atoms with Crippen LogP contribution < -0.4 is 5.32 Å². The van der Waals surface area contributed by atoms with Crippen molar-refractivity contribution in [3.63, 3.8) is 0 Å². The van der Waals surface area contributed by atoms with E-state index in [-0.39, 0.29) is 34.9 Å². The molecule has 1 aliphatic rings. The molecule has 2 aromatic carbocycles. The Bertz CT molecular complexity index is 806. The van der Waals surface area contributed by atoms with Gasteiger partial charge in [0, 0.05) is 36.3 Å². The van der Waals surface area contributed by atoms with Crippen LogP contribution in [0.1, 0.15) is 39.1 Å². The van der Waals surface area contributed by atoms with Gasteiger partial charge in [-0.3, -0.25) is 9.59 Å². The Hall–Kier alpha value is -3.02. The summed E-state index contributed by atoms with van der Waals surface area (Å²) in [6.07, 6.45) is 1.32. The predicted molar refractivity (Wildman–Crippen MR) is 97.3 cm³/mol. The number of hydrogen-bond donors (Lipinski definition) is 3. The average molecular weight is 354 g/mol. The van der Waals surface area contributed by atoms with Crippen LogP contribution in [0.3, 0.4) is 0 Å². The van der Waals surface area contributed by atoms with Crippen LogP contribution in [0.15, 0.2) is 42.5 Å². The zero-order chi connectivity index (χ0) is 18.7. The molecule has 0 radical (unpaired) electrons. The molecule has 2 aromatic rings. The molecule has 6 nitrogen and oxygen atoms in total. The first-order chi connectivity index (χ1) is 12.4. The van der Waals surface area contributed by atoms with Gasteiger partial charge >= 0.3 is 0 Å². The summed E-state index contributed by atoms with van der Waals surface area (Å²) < 4.78 is 0. The Kier molecular flexibility index (Phi) is 5.11. The van der Waals surface area contributed by atoms with E-state index in [0.29, 0.717) is 31.5 Å². The standard InChI is InChI=1S/C20H22N2O4/c1-13-4-2-3-5-18(13)19(25)21-15-6-8-22(9-7-15)20(26)14-10-16(23)12-17(24)11-14/h2-5,10-12,15,23-24H,6-9H2,1H3,(H,21,25). The summed E-state index contributed by atoms with van der Waals surface area (Å²) >= 11 is 0. The van der Waals surface area contributed by atoms with Crippen molar-refractivity contribution in [2.24, 2.45) is 0 Å². The van der Waals surface area contributed by atoms with E-state index in [1.54, 1.807) is 11.0 Å². The summed E-state index contributed by atoms with van der Waals surface area (Å²) in [5, 5.41) is 22.1. The van der Waals surface area contributed by atoms with E-state index in [2.05, 4.69) is 5.32 Å². The molecule has 1 fully saturated rings. The summed E-state index contributed by atoms with van der Waals surface area (Å²) in [6.45, 7) is 2.92. The summed E-state index contributed by atoms with van der Waals surface area (Å²) in [5.41, 5.74) is 1.85. The van der Waals surface area contributed by atoms with Crippen molar-refractivity contribution in [3.05, 3.63) is 59.2 Å². The molecule has 1 aliphatic heterocycles. The van der Waals surface area contributed by atoms with Crippen LogP contribution in [0.2, 0.25) is 0 Å². The number of hydrogen-bond acceptors (Lipinski definition) is 4. The SMILES string of the molecule is Cc1ccccc1C(=O)NC1CCN(C(=O)c2cc(O)cc(O)c2)CC1. The highest BCUT2D eigenvalue weighted by molar-refractivity contribution is 5.96. The van der Waals surface area contributed by atoms with Crippen LogP contribution in [0.5, 0.6) is 11.5 Å². The predicted octanol–water partition coefficient (Wildman–Crippen LogP) is 2.44. The van der Waals surface area contributed by atoms with E-state index < -0.39 is 0 Å². The molecular formula is C20H22N2O4. The van der Waals surface area contributed by atoms with Crippen LogP contribution in [0.25, 0.3) is 0 Å². The molecule has 0 aromatic heterocycles. The van der Waals surface area contributed by atoms with E-state index in [1.807, 2.05) is 25.1 Å². The Morgan fingerprint density at radius 2 is 1.65 bits per heavy atom. The van der Waals surface area contributed by atoms with E-state index in [9.17, 15) is 19.8 Å². The number of benzene rings is 2. The second-order valence-electron chi connectivity index (χ2n) is 6.59. The van der Waals surface area contributed by atoms with Gasteiger partial charge < -0.3 is 20.4 Å². The van der Waals surface area contributed by atoms with Gasteiger partial charge in [-0.25, -0.2) is 0 Å². The molecule has 2 amide bonds. The van der Waals surface area contributed by atoms with Gasteiger partial charge in [0.1, 0.15) is 11.5 Å². The number of carbonyl (C=O) groups excluding carboxylic acids is 2. The van der Waals surface area contributed by atoms with Crippen molar-refractivity contribution in [2.45, 2.75) is 25.8 Å². The largest absolute Gasteiger partial charge is 0.508 e. The fraction of sp³-hybridized carbons (Fsp3) is 0.300. The Morgan fingerprint density at radius 1 is 1.04 bits per heavy atom. The van der Waals surface area contributed by atoms with Gasteiger partial charge in [-0.2, -0.15) is 0 Å². The van der Waals surface area contributed by atoms with Crippen LogP contribution in [0.4, 0.5) is 0 Å². The Labute approximate surface area is 152 Å². The van der Waals surface area contributed by atoms with Gasteiger partial charge in [-0.15, -0.1) is 0 Å². The summed E-state index contributed by atoms with van der Waals surface area (Å²) in [6, 6.07) is 11.3. The van der Waals surface area contributed by atoms with Crippen molar-refractivity contribution in [2.75, 3.05) is 13.1 Å². The topological polar surface area (TPSA) is 89.9 Å². The first-order valence-corrected chi connectivity index (χ1v) is 8.63. The first-order valence-electron chi connectivity index (χ1n) is 8.63. The third kappa shape index (κ3) is 3.96. The van der Waals surface area contributed by atoms with Crippen molar-refractivity contribution < 1.29 is 19.8 Å². The molecule has 1 heterocycles. The molecule has 26 heavy (non-hydrogen) atoms. The normalized spacial score (nSPS) is 14.9. The smallest absolute Gasteiger partial charge is 0.254 e. The number of aromatic hydroxyl groups is 2. The molecule has 0 saturated carbocycles. The van der Waals surface area contributed by atoms with E-state index in [4.69, 9.17) is 0 Å². The number of amides is 2. The third-order valence-electron chi connectivity index (χ3n) is 4.66. The first kappa shape index (κ1) is 17.8. The minimum absolute atomic E-state index is 0.0173. The quantitative estimate of drug-likeness (QED) is 0.790. The minimum Gasteiger partial charge on any atom is -0.508 e. The molecule has 136 valence electrons. The number of carbonyl (C=O) groups is 2. The highest BCUT2D eigenvalue weighted by Crippen LogP contribution is 2.23. The zero-order valence-electron chi connectivity index (χ0n) is 14.6. The van der Waals surface area contributed by atoms with E-state index >= 15 is 0 Å². The molecule has 1 saturated heterocycles. The molecule has 3 rings (SSSR count). The molecule has 0 atom stereocenters. The van der Waals surface area contributed by atoms with Crippen molar-refractivity contribution in [1.82, 2.24) is 10.2 Å².